The van der Waals surface area contributed by atoms with Crippen molar-refractivity contribution < 1.29 is 19.1 Å². The predicted molar refractivity (Wildman–Crippen MR) is 102 cm³/mol. The van der Waals surface area contributed by atoms with E-state index in [2.05, 4.69) is 16.2 Å². The molecule has 9 heteroatoms. The van der Waals surface area contributed by atoms with Crippen molar-refractivity contribution in [1.29, 1.82) is 5.26 Å². The summed E-state index contributed by atoms with van der Waals surface area (Å²) in [5.74, 6) is -2.02. The Balaban J connectivity index is 2.09. The molecule has 4 N–H and O–H groups in total. The van der Waals surface area contributed by atoms with Crippen molar-refractivity contribution in [2.75, 3.05) is 5.32 Å². The molecule has 0 aliphatic carbocycles. The Morgan fingerprint density at radius 3 is 2.57 bits per heavy atom. The molecule has 2 rings (SSSR count). The van der Waals surface area contributed by atoms with E-state index in [-0.39, 0.29) is 16.1 Å². The van der Waals surface area contributed by atoms with Gasteiger partial charge in [0.2, 0.25) is 0 Å². The molecule has 0 radical (unpaired) electrons. The lowest BCUT2D eigenvalue weighted by Gasteiger charge is -2.23. The van der Waals surface area contributed by atoms with Crippen LogP contribution in [0.1, 0.15) is 28.4 Å². The van der Waals surface area contributed by atoms with E-state index in [0.717, 1.165) is 6.07 Å². The van der Waals surface area contributed by atoms with Crippen molar-refractivity contribution in [3.05, 3.63) is 63.9 Å². The number of halogens is 2. The fourth-order valence-corrected chi connectivity index (χ4v) is 2.61. The second kappa shape index (κ2) is 9.17. The largest absolute Gasteiger partial charge is 0.391 e. The lowest BCUT2D eigenvalue weighted by Crippen LogP contribution is -2.52. The molecule has 2 amide bonds. The average molecular weight is 405 g/mol. The van der Waals surface area contributed by atoms with Gasteiger partial charge in [-0.1, -0.05) is 17.7 Å². The summed E-state index contributed by atoms with van der Waals surface area (Å²) in [6.45, 7) is 3.06. The van der Waals surface area contributed by atoms with Crippen LogP contribution in [-0.2, 0) is 4.79 Å². The van der Waals surface area contributed by atoms with E-state index in [1.54, 1.807) is 13.0 Å². The monoisotopic (exact) mass is 404 g/mol. The molecule has 7 nitrogen and oxygen atoms in total. The van der Waals surface area contributed by atoms with Gasteiger partial charge in [-0.3, -0.25) is 20.4 Å². The minimum absolute atomic E-state index is 0.0246. The molecule has 0 heterocycles. The van der Waals surface area contributed by atoms with Crippen LogP contribution in [0.25, 0.3) is 0 Å². The second-order valence-corrected chi connectivity index (χ2v) is 6.41. The summed E-state index contributed by atoms with van der Waals surface area (Å²) >= 11 is 6.11. The summed E-state index contributed by atoms with van der Waals surface area (Å²) in [4.78, 5) is 24.4. The van der Waals surface area contributed by atoms with Crippen LogP contribution >= 0.6 is 11.6 Å². The quantitative estimate of drug-likeness (QED) is 0.571. The van der Waals surface area contributed by atoms with Gasteiger partial charge in [-0.2, -0.15) is 5.26 Å². The van der Waals surface area contributed by atoms with Crippen LogP contribution in [0.4, 0.5) is 10.1 Å². The summed E-state index contributed by atoms with van der Waals surface area (Å²) < 4.78 is 13.2. The van der Waals surface area contributed by atoms with Crippen molar-refractivity contribution in [2.24, 2.45) is 0 Å². The number of nitriles is 1. The van der Waals surface area contributed by atoms with Crippen LogP contribution in [0, 0.1) is 24.1 Å². The van der Waals surface area contributed by atoms with Crippen LogP contribution in [-0.4, -0.2) is 29.1 Å². The van der Waals surface area contributed by atoms with Gasteiger partial charge in [-0.25, -0.2) is 4.39 Å². The van der Waals surface area contributed by atoms with E-state index in [9.17, 15) is 19.1 Å². The van der Waals surface area contributed by atoms with Crippen LogP contribution in [0.2, 0.25) is 5.02 Å². The Kier molecular flexibility index (Phi) is 6.93. The molecule has 0 saturated carbocycles. The van der Waals surface area contributed by atoms with Crippen LogP contribution in [0.3, 0.4) is 0 Å². The van der Waals surface area contributed by atoms with Crippen molar-refractivity contribution >= 4 is 29.1 Å². The molecule has 0 saturated heterocycles. The molecule has 0 spiro atoms. The van der Waals surface area contributed by atoms with E-state index >= 15 is 0 Å². The normalized spacial score (nSPS) is 12.4. The van der Waals surface area contributed by atoms with E-state index in [4.69, 9.17) is 16.9 Å². The standard InChI is InChI=1S/C19H18ClFN4O3/c1-10-15(7-6-13(9-22)16(10)20)23-17(11(2)26)19(28)25-24-18(27)12-4-3-5-14(21)8-12/h3-8,11,17,23,26H,1-2H3,(H,24,27)(H,25,28)/t11-,17+/m0/s1. The Morgan fingerprint density at radius 2 is 1.96 bits per heavy atom. The molecular formula is C19H18ClFN4O3. The minimum Gasteiger partial charge on any atom is -0.391 e. The van der Waals surface area contributed by atoms with Gasteiger partial charge in [0.15, 0.2) is 0 Å². The molecule has 0 fully saturated rings. The van der Waals surface area contributed by atoms with Crippen LogP contribution < -0.4 is 16.2 Å². The third-order valence-corrected chi connectivity index (χ3v) is 4.46. The van der Waals surface area contributed by atoms with Gasteiger partial charge in [-0.15, -0.1) is 0 Å². The second-order valence-electron chi connectivity index (χ2n) is 6.03. The zero-order valence-corrected chi connectivity index (χ0v) is 15.8. The Labute approximate surface area is 166 Å². The molecule has 0 unspecified atom stereocenters. The number of hydrogen-bond acceptors (Lipinski definition) is 5. The molecule has 28 heavy (non-hydrogen) atoms. The van der Waals surface area contributed by atoms with Crippen molar-refractivity contribution in [2.45, 2.75) is 26.0 Å². The zero-order chi connectivity index (χ0) is 20.8. The number of anilines is 1. The van der Waals surface area contributed by atoms with Gasteiger partial charge in [0.1, 0.15) is 17.9 Å². The lowest BCUT2D eigenvalue weighted by molar-refractivity contribution is -0.124. The lowest BCUT2D eigenvalue weighted by atomic mass is 10.1. The van der Waals surface area contributed by atoms with Gasteiger partial charge in [-0.05, 0) is 49.7 Å². The SMILES string of the molecule is Cc1c(N[C@@H](C(=O)NNC(=O)c2cccc(F)c2)[C@H](C)O)ccc(C#N)c1Cl. The molecule has 2 aromatic carbocycles. The first-order valence-electron chi connectivity index (χ1n) is 8.24. The van der Waals surface area contributed by atoms with Crippen LogP contribution in [0.15, 0.2) is 36.4 Å². The smallest absolute Gasteiger partial charge is 0.269 e. The first kappa shape index (κ1) is 21.2. The number of hydrogen-bond donors (Lipinski definition) is 4. The maximum absolute atomic E-state index is 13.2. The molecule has 0 aliphatic heterocycles. The fourth-order valence-electron chi connectivity index (χ4n) is 2.40. The molecular weight excluding hydrogens is 387 g/mol. The molecule has 0 aliphatic rings. The number of nitrogens with one attached hydrogen (secondary N) is 3. The fraction of sp³-hybridized carbons (Fsp3) is 0.211. The molecule has 2 aromatic rings. The number of carbonyl (C=O) groups excluding carboxylic acids is 2. The number of rotatable bonds is 5. The van der Waals surface area contributed by atoms with E-state index in [1.807, 2.05) is 6.07 Å². The first-order chi connectivity index (χ1) is 13.2. The highest BCUT2D eigenvalue weighted by molar-refractivity contribution is 6.32. The first-order valence-corrected chi connectivity index (χ1v) is 8.62. The Bertz CT molecular complexity index is 943. The zero-order valence-electron chi connectivity index (χ0n) is 15.1. The van der Waals surface area contributed by atoms with Crippen molar-refractivity contribution in [3.8, 4) is 6.07 Å². The molecule has 0 bridgehead atoms. The summed E-state index contributed by atoms with van der Waals surface area (Å²) in [5, 5.41) is 22.0. The van der Waals surface area contributed by atoms with Crippen LogP contribution in [0.5, 0.6) is 0 Å². The van der Waals surface area contributed by atoms with Gasteiger partial charge in [0.05, 0.1) is 16.7 Å². The number of amides is 2. The Morgan fingerprint density at radius 1 is 1.25 bits per heavy atom. The third kappa shape index (κ3) is 4.97. The topological polar surface area (TPSA) is 114 Å². The highest BCUT2D eigenvalue weighted by Crippen LogP contribution is 2.27. The number of carbonyl (C=O) groups is 2. The predicted octanol–water partition coefficient (Wildman–Crippen LogP) is 2.28. The highest BCUT2D eigenvalue weighted by Gasteiger charge is 2.25. The van der Waals surface area contributed by atoms with Gasteiger partial charge >= 0.3 is 0 Å². The van der Waals surface area contributed by atoms with Gasteiger partial charge < -0.3 is 10.4 Å². The van der Waals surface area contributed by atoms with Crippen molar-refractivity contribution in [1.82, 2.24) is 10.9 Å². The maximum atomic E-state index is 13.2. The summed E-state index contributed by atoms with van der Waals surface area (Å²) in [6, 6.07) is 8.83. The third-order valence-electron chi connectivity index (χ3n) is 3.97. The number of nitrogens with zero attached hydrogens (tertiary/aromatic N) is 1. The van der Waals surface area contributed by atoms with E-state index in [0.29, 0.717) is 11.3 Å². The molecule has 2 atom stereocenters. The van der Waals surface area contributed by atoms with Gasteiger partial charge in [0, 0.05) is 11.3 Å². The number of benzene rings is 2. The van der Waals surface area contributed by atoms with Crippen molar-refractivity contribution in [3.63, 3.8) is 0 Å². The number of aliphatic hydroxyl groups is 1. The summed E-state index contributed by atoms with van der Waals surface area (Å²) in [6.07, 6.45) is -1.13. The minimum atomic E-state index is -1.13. The molecule has 0 aromatic heterocycles. The number of hydrazine groups is 1. The maximum Gasteiger partial charge on any atom is 0.269 e. The number of aliphatic hydroxyl groups excluding tert-OH is 1. The van der Waals surface area contributed by atoms with Gasteiger partial charge in [0.25, 0.3) is 11.8 Å². The Hall–Kier alpha value is -3.15. The molecule has 146 valence electrons. The van der Waals surface area contributed by atoms with E-state index in [1.165, 1.54) is 31.2 Å². The average Bonchev–Trinajstić information content (AvgIpc) is 2.66. The highest BCUT2D eigenvalue weighted by atomic mass is 35.5. The summed E-state index contributed by atoms with van der Waals surface area (Å²) in [5.41, 5.74) is 5.64. The van der Waals surface area contributed by atoms with E-state index < -0.39 is 29.8 Å². The summed E-state index contributed by atoms with van der Waals surface area (Å²) in [7, 11) is 0.